The molecule has 0 bridgehead atoms. The van der Waals surface area contributed by atoms with Crippen LogP contribution in [0.15, 0.2) is 12.3 Å². The monoisotopic (exact) mass is 693 g/mol. The molecule has 2 aliphatic rings. The summed E-state index contributed by atoms with van der Waals surface area (Å²) in [5, 5.41) is 22.5. The largest absolute Gasteiger partial charge is 0.510 e. The Hall–Kier alpha value is -2.56. The first kappa shape index (κ1) is 36.3. The van der Waals surface area contributed by atoms with E-state index in [4.69, 9.17) is 49.1 Å². The van der Waals surface area contributed by atoms with Crippen LogP contribution < -0.4 is 0 Å². The van der Waals surface area contributed by atoms with Crippen LogP contribution >= 0.6 is 19.2 Å². The summed E-state index contributed by atoms with van der Waals surface area (Å²) in [7, 11) is -4.24. The molecule has 2 fully saturated rings. The molecule has 1 saturated heterocycles. The van der Waals surface area contributed by atoms with Crippen molar-refractivity contribution in [3.8, 4) is 0 Å². The van der Waals surface area contributed by atoms with Gasteiger partial charge in [0.25, 0.3) is 0 Å². The van der Waals surface area contributed by atoms with Gasteiger partial charge >= 0.3 is 19.9 Å². The highest BCUT2D eigenvalue weighted by Crippen LogP contribution is 2.48. The van der Waals surface area contributed by atoms with E-state index in [9.17, 15) is 24.4 Å². The smallest absolute Gasteiger partial charge is 0.432 e. The van der Waals surface area contributed by atoms with Crippen LogP contribution in [0.4, 0.5) is 9.59 Å². The fraction of sp³-hybridized carbons (Fsp3) is 0.714. The quantitative estimate of drug-likeness (QED) is 0.113. The van der Waals surface area contributed by atoms with Crippen molar-refractivity contribution < 1.29 is 61.8 Å². The van der Waals surface area contributed by atoms with Gasteiger partial charge in [-0.3, -0.25) is 13.6 Å². The molecule has 2 aromatic rings. The highest BCUT2D eigenvalue weighted by Gasteiger charge is 2.44. The average molecular weight is 694 g/mol. The predicted octanol–water partition coefficient (Wildman–Crippen LogP) is 4.68. The third-order valence-electron chi connectivity index (χ3n) is 7.24. The summed E-state index contributed by atoms with van der Waals surface area (Å²) in [6.45, 7) is 4.39. The number of hydrogen-bond donors (Lipinski definition) is 2. The molecule has 1 aliphatic heterocycles. The Morgan fingerprint density at radius 3 is 2.22 bits per heavy atom. The highest BCUT2D eigenvalue weighted by molar-refractivity contribution is 7.53. The fourth-order valence-electron chi connectivity index (χ4n) is 5.17. The van der Waals surface area contributed by atoms with E-state index in [1.165, 1.54) is 12.8 Å². The number of carbonyl (C=O) groups excluding carboxylic acids is 2. The summed E-state index contributed by atoms with van der Waals surface area (Å²) in [6.07, 6.45) is -1.65. The van der Waals surface area contributed by atoms with Crippen molar-refractivity contribution in [1.82, 2.24) is 14.5 Å². The Morgan fingerprint density at radius 2 is 1.63 bits per heavy atom. The van der Waals surface area contributed by atoms with Gasteiger partial charge in [-0.15, -0.1) is 0 Å². The summed E-state index contributed by atoms with van der Waals surface area (Å²) < 4.78 is 55.7. The molecular weight excluding hydrogens is 653 g/mol. The Morgan fingerprint density at radius 1 is 1.02 bits per heavy atom. The summed E-state index contributed by atoms with van der Waals surface area (Å²) in [5.41, 5.74) is 1.26. The third kappa shape index (κ3) is 9.97. The van der Waals surface area contributed by atoms with E-state index in [-0.39, 0.29) is 11.9 Å². The lowest BCUT2D eigenvalue weighted by Crippen LogP contribution is -2.34. The summed E-state index contributed by atoms with van der Waals surface area (Å²) in [4.78, 5) is 32.1. The Labute approximate surface area is 271 Å². The molecule has 3 heterocycles. The Kier molecular flexibility index (Phi) is 13.0. The second-order valence-corrected chi connectivity index (χ2v) is 13.9. The molecule has 0 spiro atoms. The van der Waals surface area contributed by atoms with Crippen LogP contribution in [0.5, 0.6) is 0 Å². The maximum atomic E-state index is 13.3. The van der Waals surface area contributed by atoms with E-state index < -0.39 is 76.6 Å². The molecule has 0 radical (unpaired) electrons. The van der Waals surface area contributed by atoms with Gasteiger partial charge in [-0.05, 0) is 57.7 Å². The number of aromatic nitrogens is 3. The molecule has 4 rings (SSSR count). The van der Waals surface area contributed by atoms with Gasteiger partial charge in [0.1, 0.15) is 30.3 Å². The van der Waals surface area contributed by atoms with Crippen LogP contribution in [-0.2, 0) is 48.5 Å². The first-order chi connectivity index (χ1) is 21.8. The second-order valence-electron chi connectivity index (χ2n) is 11.5. The van der Waals surface area contributed by atoms with Crippen molar-refractivity contribution in [2.24, 2.45) is 5.92 Å². The predicted molar refractivity (Wildman–Crippen MR) is 160 cm³/mol. The second kappa shape index (κ2) is 16.5. The van der Waals surface area contributed by atoms with E-state index in [0.717, 1.165) is 30.3 Å². The van der Waals surface area contributed by atoms with E-state index >= 15 is 0 Å². The number of hydrogen-bond acceptors (Lipinski definition) is 15. The lowest BCUT2D eigenvalue weighted by molar-refractivity contribution is -0.0651. The zero-order valence-electron chi connectivity index (χ0n) is 26.1. The molecule has 0 amide bonds. The average Bonchev–Trinajstić information content (AvgIpc) is 3.69. The van der Waals surface area contributed by atoms with Gasteiger partial charge in [-0.25, -0.2) is 14.6 Å². The molecular formula is C28H41ClN3O13P. The molecule has 1 aliphatic carbocycles. The van der Waals surface area contributed by atoms with Crippen molar-refractivity contribution in [2.45, 2.75) is 96.5 Å². The van der Waals surface area contributed by atoms with Gasteiger partial charge in [0, 0.05) is 11.6 Å². The van der Waals surface area contributed by atoms with Crippen LogP contribution in [0, 0.1) is 5.92 Å². The topological polar surface area (TPSA) is 196 Å². The molecule has 2 N–H and O–H groups in total. The first-order valence-corrected chi connectivity index (χ1v) is 17.1. The van der Waals surface area contributed by atoms with E-state index in [0.29, 0.717) is 11.6 Å². The van der Waals surface area contributed by atoms with Gasteiger partial charge in [0.2, 0.25) is 18.9 Å². The maximum absolute atomic E-state index is 13.3. The number of aliphatic hydroxyl groups is 2. The van der Waals surface area contributed by atoms with E-state index in [1.54, 1.807) is 38.5 Å². The van der Waals surface area contributed by atoms with Gasteiger partial charge in [-0.1, -0.05) is 25.7 Å². The molecule has 0 unspecified atom stereocenters. The third-order valence-corrected chi connectivity index (χ3v) is 8.90. The molecule has 2 aromatic heterocycles. The van der Waals surface area contributed by atoms with Gasteiger partial charge in [-0.2, -0.15) is 4.98 Å². The number of carbonyl (C=O) groups is 2. The Bertz CT molecular complexity index is 1340. The summed E-state index contributed by atoms with van der Waals surface area (Å²) in [6, 6.07) is 1.82. The summed E-state index contributed by atoms with van der Waals surface area (Å²) in [5.74, 6) is 0.513. The van der Waals surface area contributed by atoms with Crippen LogP contribution in [0.2, 0.25) is 5.28 Å². The van der Waals surface area contributed by atoms with Gasteiger partial charge in [0.05, 0.1) is 24.5 Å². The van der Waals surface area contributed by atoms with Crippen molar-refractivity contribution in [2.75, 3.05) is 26.5 Å². The van der Waals surface area contributed by atoms with Crippen molar-refractivity contribution >= 4 is 42.5 Å². The minimum atomic E-state index is -4.24. The van der Waals surface area contributed by atoms with Crippen molar-refractivity contribution in [3.05, 3.63) is 23.2 Å². The zero-order valence-corrected chi connectivity index (χ0v) is 27.8. The number of ether oxygens (including phenoxy) is 6. The maximum Gasteiger partial charge on any atom is 0.510 e. The number of fused-ring (bicyclic) bond motifs is 1. The normalized spacial score (nSPS) is 22.2. The van der Waals surface area contributed by atoms with Gasteiger partial charge in [0.15, 0.2) is 6.23 Å². The van der Waals surface area contributed by atoms with Crippen LogP contribution in [-0.4, -0.2) is 94.1 Å². The number of nitrogens with zero attached hydrogens (tertiary/aromatic N) is 3. The number of aliphatic hydroxyl groups excluding tert-OH is 2. The van der Waals surface area contributed by atoms with E-state index in [1.807, 2.05) is 6.07 Å². The number of rotatable bonds is 15. The number of halogens is 1. The lowest BCUT2D eigenvalue weighted by Gasteiger charge is -2.20. The molecule has 46 heavy (non-hydrogen) atoms. The van der Waals surface area contributed by atoms with E-state index in [2.05, 4.69) is 9.97 Å². The van der Waals surface area contributed by atoms with Crippen LogP contribution in [0.25, 0.3) is 11.0 Å². The molecule has 0 aromatic carbocycles. The highest BCUT2D eigenvalue weighted by atomic mass is 35.5. The standard InChI is InChI=1S/C28H41ClN3O13P/c1-16(2)43-27(35)39-13-41-46(37,42-14-40-28(36)44-17(3)4)15-38-12-21-22(33)23(34)25(45-21)32-10-9-19-20(11-18-7-5-6-8-18)30-26(29)31-24(19)32/h9-10,16-18,21-23,25,33-34H,5-8,11-15H2,1-4H3/t21-,22-,23-,25-/m1/s1. The molecule has 1 saturated carbocycles. The molecule has 258 valence electrons. The first-order valence-electron chi connectivity index (χ1n) is 15.0. The molecule has 4 atom stereocenters. The lowest BCUT2D eigenvalue weighted by atomic mass is 10.0. The van der Waals surface area contributed by atoms with Crippen LogP contribution in [0.3, 0.4) is 0 Å². The fourth-order valence-corrected chi connectivity index (χ4v) is 6.33. The minimum Gasteiger partial charge on any atom is -0.432 e. The van der Waals surface area contributed by atoms with Gasteiger partial charge < -0.3 is 43.2 Å². The zero-order chi connectivity index (χ0) is 33.4. The van der Waals surface area contributed by atoms with Crippen LogP contribution in [0.1, 0.15) is 65.3 Å². The molecule has 18 heteroatoms. The Balaban J connectivity index is 1.38. The van der Waals surface area contributed by atoms with Crippen molar-refractivity contribution in [3.63, 3.8) is 0 Å². The SMILES string of the molecule is CC(C)OC(=O)OCOP(=O)(COC[C@H]1O[C@@H](n2ccc3c(CC4CCCC4)nc(Cl)nc32)[C@H](O)[C@@H]1O)OCOC(=O)OC(C)C. The van der Waals surface area contributed by atoms with Crippen molar-refractivity contribution in [1.29, 1.82) is 0 Å². The molecule has 16 nitrogen and oxygen atoms in total. The minimum absolute atomic E-state index is 0.0620. The summed E-state index contributed by atoms with van der Waals surface area (Å²) >= 11 is 6.27.